The van der Waals surface area contributed by atoms with Crippen LogP contribution in [0.4, 0.5) is 5.69 Å². The van der Waals surface area contributed by atoms with Crippen molar-refractivity contribution < 1.29 is 0 Å². The molecule has 0 radical (unpaired) electrons. The minimum absolute atomic E-state index is 0.440. The van der Waals surface area contributed by atoms with E-state index in [1.54, 1.807) is 5.56 Å². The third-order valence-corrected chi connectivity index (χ3v) is 5.87. The second-order valence-corrected chi connectivity index (χ2v) is 6.95. The molecule has 0 bridgehead atoms. The normalized spacial score (nSPS) is 29.3. The van der Waals surface area contributed by atoms with Crippen molar-refractivity contribution in [2.75, 3.05) is 5.73 Å². The first kappa shape index (κ1) is 20.1. The Balaban J connectivity index is 0.000000615. The smallest absolute Gasteiger partial charge is 0.0317 e. The van der Waals surface area contributed by atoms with Gasteiger partial charge in [-0.15, -0.1) is 0 Å². The van der Waals surface area contributed by atoms with Crippen LogP contribution in [0.15, 0.2) is 18.2 Å². The molecule has 1 heteroatoms. The van der Waals surface area contributed by atoms with Gasteiger partial charge in [0, 0.05) is 5.69 Å². The molecule has 0 aromatic heterocycles. The van der Waals surface area contributed by atoms with Gasteiger partial charge in [-0.1, -0.05) is 66.4 Å². The molecule has 0 amide bonds. The Morgan fingerprint density at radius 3 is 2.30 bits per heavy atom. The van der Waals surface area contributed by atoms with Gasteiger partial charge in [-0.25, -0.2) is 0 Å². The molecule has 0 saturated heterocycles. The molecule has 1 aromatic rings. The lowest BCUT2D eigenvalue weighted by atomic mass is 9.53. The highest BCUT2D eigenvalue weighted by Crippen LogP contribution is 2.54. The largest absolute Gasteiger partial charge is 0.399 e. The maximum absolute atomic E-state index is 6.09. The van der Waals surface area contributed by atoms with E-state index in [0.717, 1.165) is 17.5 Å². The molecule has 2 aliphatic carbocycles. The van der Waals surface area contributed by atoms with Crippen LogP contribution in [-0.4, -0.2) is 0 Å². The van der Waals surface area contributed by atoms with Crippen molar-refractivity contribution in [3.05, 3.63) is 29.3 Å². The van der Waals surface area contributed by atoms with Crippen LogP contribution in [-0.2, 0) is 5.41 Å². The van der Waals surface area contributed by atoms with Crippen molar-refractivity contribution >= 4 is 5.69 Å². The van der Waals surface area contributed by atoms with E-state index in [-0.39, 0.29) is 0 Å². The number of aryl methyl sites for hydroxylation is 1. The number of anilines is 1. The molecule has 1 nitrogen and oxygen atoms in total. The second kappa shape index (κ2) is 9.35. The number of fused-ring (bicyclic) bond motifs is 1. The zero-order chi connectivity index (χ0) is 17.5. The lowest BCUT2D eigenvalue weighted by molar-refractivity contribution is 0.0748. The summed E-state index contributed by atoms with van der Waals surface area (Å²) in [5.74, 6) is 1.77. The Morgan fingerprint density at radius 1 is 0.957 bits per heavy atom. The van der Waals surface area contributed by atoms with E-state index in [2.05, 4.69) is 32.0 Å². The second-order valence-electron chi connectivity index (χ2n) is 6.95. The predicted molar refractivity (Wildman–Crippen MR) is 105 cm³/mol. The molecule has 3 rings (SSSR count). The van der Waals surface area contributed by atoms with Gasteiger partial charge >= 0.3 is 0 Å². The Hall–Kier alpha value is -0.980. The summed E-state index contributed by atoms with van der Waals surface area (Å²) in [5, 5.41) is 0. The molecular weight excluding hydrogens is 278 g/mol. The van der Waals surface area contributed by atoms with E-state index in [4.69, 9.17) is 5.73 Å². The summed E-state index contributed by atoms with van der Waals surface area (Å²) in [6.45, 7) is 12.7. The summed E-state index contributed by atoms with van der Waals surface area (Å²) in [7, 11) is 0. The molecule has 0 aliphatic heterocycles. The maximum atomic E-state index is 6.09. The van der Waals surface area contributed by atoms with Gasteiger partial charge in [-0.3, -0.25) is 0 Å². The van der Waals surface area contributed by atoms with Crippen LogP contribution in [0, 0.1) is 18.8 Å². The molecule has 0 spiro atoms. The lowest BCUT2D eigenvalue weighted by Crippen LogP contribution is -2.44. The van der Waals surface area contributed by atoms with Gasteiger partial charge in [-0.05, 0) is 66.7 Å². The highest BCUT2D eigenvalue weighted by Gasteiger charge is 2.46. The van der Waals surface area contributed by atoms with Crippen LogP contribution in [0.2, 0.25) is 0 Å². The van der Waals surface area contributed by atoms with Crippen molar-refractivity contribution in [3.63, 3.8) is 0 Å². The van der Waals surface area contributed by atoms with Crippen LogP contribution < -0.4 is 5.73 Å². The van der Waals surface area contributed by atoms with Crippen LogP contribution >= 0.6 is 0 Å². The van der Waals surface area contributed by atoms with Crippen molar-refractivity contribution in [2.24, 2.45) is 11.8 Å². The highest BCUT2D eigenvalue weighted by atomic mass is 14.6. The topological polar surface area (TPSA) is 26.0 Å². The number of nitrogens with two attached hydrogens (primary N) is 1. The average Bonchev–Trinajstić information content (AvgIpc) is 2.61. The quantitative estimate of drug-likeness (QED) is 0.561. The van der Waals surface area contributed by atoms with E-state index in [1.807, 2.05) is 27.7 Å². The molecule has 0 heterocycles. The molecule has 2 saturated carbocycles. The van der Waals surface area contributed by atoms with Crippen molar-refractivity contribution in [3.8, 4) is 0 Å². The van der Waals surface area contributed by atoms with Gasteiger partial charge in [0.25, 0.3) is 0 Å². The van der Waals surface area contributed by atoms with Crippen LogP contribution in [0.3, 0.4) is 0 Å². The first-order valence-electron chi connectivity index (χ1n) is 10.00. The molecule has 1 aromatic carbocycles. The van der Waals surface area contributed by atoms with Gasteiger partial charge in [0.15, 0.2) is 0 Å². The third kappa shape index (κ3) is 4.11. The van der Waals surface area contributed by atoms with E-state index >= 15 is 0 Å². The summed E-state index contributed by atoms with van der Waals surface area (Å²) >= 11 is 0. The van der Waals surface area contributed by atoms with Crippen LogP contribution in [0.25, 0.3) is 0 Å². The van der Waals surface area contributed by atoms with E-state index in [9.17, 15) is 0 Å². The Kier molecular flexibility index (Phi) is 8.16. The maximum Gasteiger partial charge on any atom is 0.0317 e. The van der Waals surface area contributed by atoms with Gasteiger partial charge in [0.05, 0.1) is 0 Å². The lowest BCUT2D eigenvalue weighted by Gasteiger charge is -2.51. The van der Waals surface area contributed by atoms with Gasteiger partial charge in [0.2, 0.25) is 0 Å². The average molecular weight is 318 g/mol. The summed E-state index contributed by atoms with van der Waals surface area (Å²) in [5.41, 5.74) is 10.5. The number of hydrogen-bond acceptors (Lipinski definition) is 1. The molecule has 3 unspecified atom stereocenters. The zero-order valence-electron chi connectivity index (χ0n) is 16.4. The fourth-order valence-electron chi connectivity index (χ4n) is 4.99. The monoisotopic (exact) mass is 317 g/mol. The van der Waals surface area contributed by atoms with Crippen LogP contribution in [0.5, 0.6) is 0 Å². The van der Waals surface area contributed by atoms with Crippen molar-refractivity contribution in [1.29, 1.82) is 0 Å². The van der Waals surface area contributed by atoms with Gasteiger partial charge in [0.1, 0.15) is 0 Å². The van der Waals surface area contributed by atoms with Gasteiger partial charge in [-0.2, -0.15) is 0 Å². The first-order valence-corrected chi connectivity index (χ1v) is 10.00. The Morgan fingerprint density at radius 2 is 1.61 bits per heavy atom. The molecule has 132 valence electrons. The molecule has 23 heavy (non-hydrogen) atoms. The first-order chi connectivity index (χ1) is 11.1. The number of hydrogen-bond donors (Lipinski definition) is 1. The predicted octanol–water partition coefficient (Wildman–Crippen LogP) is 6.88. The van der Waals surface area contributed by atoms with Crippen molar-refractivity contribution in [2.45, 2.75) is 91.9 Å². The number of rotatable bonds is 1. The minimum atomic E-state index is 0.440. The fraction of sp³-hybridized carbons (Fsp3) is 0.727. The summed E-state index contributed by atoms with van der Waals surface area (Å²) in [6, 6.07) is 6.57. The van der Waals surface area contributed by atoms with E-state index in [0.29, 0.717) is 5.41 Å². The molecule has 2 aliphatic rings. The molecule has 2 fully saturated rings. The molecule has 3 atom stereocenters. The van der Waals surface area contributed by atoms with E-state index < -0.39 is 0 Å². The van der Waals surface area contributed by atoms with Crippen molar-refractivity contribution in [1.82, 2.24) is 0 Å². The zero-order valence-corrected chi connectivity index (χ0v) is 16.4. The Labute approximate surface area is 145 Å². The summed E-state index contributed by atoms with van der Waals surface area (Å²) in [4.78, 5) is 0. The molecular formula is C22H39N. The third-order valence-electron chi connectivity index (χ3n) is 5.87. The van der Waals surface area contributed by atoms with Crippen LogP contribution in [0.1, 0.15) is 90.7 Å². The van der Waals surface area contributed by atoms with Gasteiger partial charge < -0.3 is 5.73 Å². The Bertz CT molecular complexity index is 461. The SMILES string of the molecule is CC.CC.Cc1ccc(N)cc1C12CCCCC1C(C)CCC2. The summed E-state index contributed by atoms with van der Waals surface area (Å²) < 4.78 is 0. The number of benzene rings is 1. The molecule has 2 N–H and O–H groups in total. The highest BCUT2D eigenvalue weighted by molar-refractivity contribution is 5.48. The summed E-state index contributed by atoms with van der Waals surface area (Å²) in [6.07, 6.45) is 9.84. The number of nitrogen functional groups attached to an aromatic ring is 1. The standard InChI is InChI=1S/C18H27N.2C2H6/c1-13-6-5-11-18(10-4-3-7-16(13)18)17-12-15(19)9-8-14(17)2;2*1-2/h8-9,12-13,16H,3-7,10-11,19H2,1-2H3;2*1-2H3. The fourth-order valence-corrected chi connectivity index (χ4v) is 4.99. The minimum Gasteiger partial charge on any atom is -0.399 e. The van der Waals surface area contributed by atoms with E-state index in [1.165, 1.54) is 50.5 Å².